The summed E-state index contributed by atoms with van der Waals surface area (Å²) in [5, 5.41) is 13.9. The van der Waals surface area contributed by atoms with Gasteiger partial charge in [0, 0.05) is 22.9 Å². The van der Waals surface area contributed by atoms with E-state index in [0.29, 0.717) is 17.5 Å². The van der Waals surface area contributed by atoms with Crippen LogP contribution in [0.2, 0.25) is 5.02 Å². The second-order valence-electron chi connectivity index (χ2n) is 8.54. The number of hydrogen-bond donors (Lipinski definition) is 1. The van der Waals surface area contributed by atoms with Gasteiger partial charge in [0.1, 0.15) is 11.9 Å². The largest absolute Gasteiger partial charge is 0.446 e. The molecule has 0 atom stereocenters. The highest BCUT2D eigenvalue weighted by Gasteiger charge is 2.41. The maximum absolute atomic E-state index is 14.5. The molecule has 1 N–H and O–H groups in total. The highest BCUT2D eigenvalue weighted by molar-refractivity contribution is 6.33. The SMILES string of the molecule is CC(C)(O)Cn1ncc(-c2cc(-c3c(F)cccc3Cl)cn2C(=O)OC2CC2)c1C(F)(F)F. The molecule has 4 rings (SSSR count). The number of carbonyl (C=O) groups excluding carboxylic acids is 1. The van der Waals surface area contributed by atoms with Crippen molar-refractivity contribution in [2.24, 2.45) is 0 Å². The first-order valence-electron chi connectivity index (χ1n) is 10.1. The van der Waals surface area contributed by atoms with Crippen LogP contribution in [-0.2, 0) is 17.5 Å². The molecule has 2 heterocycles. The third-order valence-corrected chi connectivity index (χ3v) is 5.30. The van der Waals surface area contributed by atoms with Crippen LogP contribution in [0.4, 0.5) is 22.4 Å². The molecular formula is C22H20ClF4N3O3. The van der Waals surface area contributed by atoms with Gasteiger partial charge in [0.15, 0.2) is 5.69 Å². The zero-order valence-electron chi connectivity index (χ0n) is 17.7. The number of aromatic nitrogens is 3. The van der Waals surface area contributed by atoms with E-state index in [1.807, 2.05) is 0 Å². The summed E-state index contributed by atoms with van der Waals surface area (Å²) in [6.45, 7) is 2.26. The summed E-state index contributed by atoms with van der Waals surface area (Å²) in [5.74, 6) is -0.699. The van der Waals surface area contributed by atoms with Crippen LogP contribution in [0, 0.1) is 5.82 Å². The Hall–Kier alpha value is -2.85. The molecule has 6 nitrogen and oxygen atoms in total. The molecule has 11 heteroatoms. The normalized spacial score (nSPS) is 14.5. The van der Waals surface area contributed by atoms with E-state index >= 15 is 0 Å². The van der Waals surface area contributed by atoms with E-state index in [1.165, 1.54) is 38.2 Å². The van der Waals surface area contributed by atoms with Gasteiger partial charge in [0.2, 0.25) is 0 Å². The fraction of sp³-hybridized carbons (Fsp3) is 0.364. The summed E-state index contributed by atoms with van der Waals surface area (Å²) in [6.07, 6.45) is -2.60. The predicted molar refractivity (Wildman–Crippen MR) is 112 cm³/mol. The van der Waals surface area contributed by atoms with Gasteiger partial charge >= 0.3 is 12.3 Å². The van der Waals surface area contributed by atoms with Gasteiger partial charge in [-0.1, -0.05) is 17.7 Å². The van der Waals surface area contributed by atoms with Gasteiger partial charge in [-0.2, -0.15) is 18.3 Å². The Balaban J connectivity index is 1.91. The van der Waals surface area contributed by atoms with Gasteiger partial charge in [-0.25, -0.2) is 9.18 Å². The van der Waals surface area contributed by atoms with Crippen LogP contribution < -0.4 is 0 Å². The number of ether oxygens (including phenoxy) is 1. The molecule has 176 valence electrons. The molecule has 0 spiro atoms. The van der Waals surface area contributed by atoms with E-state index in [0.717, 1.165) is 16.8 Å². The lowest BCUT2D eigenvalue weighted by molar-refractivity contribution is -0.144. The molecule has 0 amide bonds. The van der Waals surface area contributed by atoms with Gasteiger partial charge in [-0.15, -0.1) is 0 Å². The Morgan fingerprint density at radius 1 is 1.30 bits per heavy atom. The average molecular weight is 486 g/mol. The first kappa shape index (κ1) is 23.3. The maximum atomic E-state index is 14.5. The van der Waals surface area contributed by atoms with Crippen LogP contribution >= 0.6 is 11.6 Å². The molecule has 1 aliphatic rings. The lowest BCUT2D eigenvalue weighted by atomic mass is 10.1. The number of benzene rings is 1. The summed E-state index contributed by atoms with van der Waals surface area (Å²) < 4.78 is 63.5. The summed E-state index contributed by atoms with van der Waals surface area (Å²) in [7, 11) is 0. The number of alkyl halides is 3. The monoisotopic (exact) mass is 485 g/mol. The minimum atomic E-state index is -4.86. The second kappa shape index (κ2) is 8.18. The maximum Gasteiger partial charge on any atom is 0.433 e. The van der Waals surface area contributed by atoms with Crippen LogP contribution in [0.25, 0.3) is 22.4 Å². The smallest absolute Gasteiger partial charge is 0.433 e. The predicted octanol–water partition coefficient (Wildman–Crippen LogP) is 5.75. The number of halogens is 5. The Labute approximate surface area is 191 Å². The van der Waals surface area contributed by atoms with Crippen molar-refractivity contribution in [3.8, 4) is 22.4 Å². The van der Waals surface area contributed by atoms with Crippen LogP contribution in [0.15, 0.2) is 36.7 Å². The van der Waals surface area contributed by atoms with E-state index in [2.05, 4.69) is 5.10 Å². The molecule has 0 saturated heterocycles. The van der Waals surface area contributed by atoms with Crippen LogP contribution in [0.3, 0.4) is 0 Å². The fourth-order valence-corrected chi connectivity index (χ4v) is 3.75. The molecule has 2 aromatic heterocycles. The van der Waals surface area contributed by atoms with Crippen molar-refractivity contribution in [1.29, 1.82) is 0 Å². The molecule has 0 aliphatic heterocycles. The van der Waals surface area contributed by atoms with Crippen LogP contribution in [0.5, 0.6) is 0 Å². The minimum absolute atomic E-state index is 0.0306. The van der Waals surface area contributed by atoms with Gasteiger partial charge in [0.25, 0.3) is 0 Å². The van der Waals surface area contributed by atoms with Crippen molar-refractivity contribution >= 4 is 17.7 Å². The topological polar surface area (TPSA) is 69.3 Å². The van der Waals surface area contributed by atoms with Crippen LogP contribution in [-0.4, -0.2) is 37.3 Å². The van der Waals surface area contributed by atoms with Gasteiger partial charge < -0.3 is 9.84 Å². The first-order chi connectivity index (χ1) is 15.3. The number of rotatable bonds is 5. The highest BCUT2D eigenvalue weighted by atomic mass is 35.5. The van der Waals surface area contributed by atoms with Crippen molar-refractivity contribution in [2.75, 3.05) is 0 Å². The molecule has 1 saturated carbocycles. The van der Waals surface area contributed by atoms with Gasteiger partial charge in [-0.3, -0.25) is 9.25 Å². The number of nitrogens with zero attached hydrogens (tertiary/aromatic N) is 3. The van der Waals surface area contributed by atoms with Gasteiger partial charge in [0.05, 0.1) is 29.1 Å². The zero-order chi connectivity index (χ0) is 24.1. The van der Waals surface area contributed by atoms with Crippen molar-refractivity contribution in [3.63, 3.8) is 0 Å². The summed E-state index contributed by atoms with van der Waals surface area (Å²) in [5.41, 5.74) is -3.21. The molecule has 33 heavy (non-hydrogen) atoms. The fourth-order valence-electron chi connectivity index (χ4n) is 3.48. The highest BCUT2D eigenvalue weighted by Crippen LogP contribution is 2.41. The first-order valence-corrected chi connectivity index (χ1v) is 10.5. The summed E-state index contributed by atoms with van der Waals surface area (Å²) in [6, 6.07) is 5.22. The lowest BCUT2D eigenvalue weighted by Gasteiger charge is -2.20. The molecule has 0 unspecified atom stereocenters. The van der Waals surface area contributed by atoms with E-state index in [-0.39, 0.29) is 27.9 Å². The summed E-state index contributed by atoms with van der Waals surface area (Å²) >= 11 is 6.14. The lowest BCUT2D eigenvalue weighted by Crippen LogP contribution is -2.29. The van der Waals surface area contributed by atoms with E-state index in [4.69, 9.17) is 16.3 Å². The van der Waals surface area contributed by atoms with Crippen molar-refractivity contribution in [2.45, 2.75) is 51.1 Å². The minimum Gasteiger partial charge on any atom is -0.446 e. The number of hydrogen-bond acceptors (Lipinski definition) is 4. The molecule has 3 aromatic rings. The number of aliphatic hydroxyl groups is 1. The van der Waals surface area contributed by atoms with Crippen molar-refractivity contribution in [3.05, 3.63) is 53.2 Å². The molecular weight excluding hydrogens is 466 g/mol. The molecule has 1 aliphatic carbocycles. The molecule has 1 aromatic carbocycles. The molecule has 0 bridgehead atoms. The Morgan fingerprint density at radius 2 is 2.00 bits per heavy atom. The van der Waals surface area contributed by atoms with E-state index in [1.54, 1.807) is 0 Å². The third-order valence-electron chi connectivity index (χ3n) is 4.98. The van der Waals surface area contributed by atoms with E-state index < -0.39 is 41.5 Å². The van der Waals surface area contributed by atoms with Gasteiger partial charge in [-0.05, 0) is 44.9 Å². The molecule has 1 fully saturated rings. The summed E-state index contributed by atoms with van der Waals surface area (Å²) in [4.78, 5) is 12.8. The standard InChI is InChI=1S/C22H20ClF4N3O3/c1-21(2,32)11-30-19(22(25,26)27)14(9-28-30)17-8-12(18-15(23)4-3-5-16(18)24)10-29(17)20(31)33-13-6-7-13/h3-5,8-10,13,32H,6-7,11H2,1-2H3. The Bertz CT molecular complexity index is 1190. The Kier molecular flexibility index (Phi) is 5.78. The van der Waals surface area contributed by atoms with E-state index in [9.17, 15) is 27.5 Å². The average Bonchev–Trinajstić information content (AvgIpc) is 3.21. The quantitative estimate of drug-likeness (QED) is 0.467. The third kappa shape index (κ3) is 4.91. The molecule has 0 radical (unpaired) electrons. The Morgan fingerprint density at radius 3 is 2.58 bits per heavy atom. The zero-order valence-corrected chi connectivity index (χ0v) is 18.4. The van der Waals surface area contributed by atoms with Crippen molar-refractivity contribution < 1.29 is 32.2 Å². The van der Waals surface area contributed by atoms with Crippen molar-refractivity contribution in [1.82, 2.24) is 14.3 Å². The number of carbonyl (C=O) groups is 1. The second-order valence-corrected chi connectivity index (χ2v) is 8.95. The van der Waals surface area contributed by atoms with Crippen LogP contribution in [0.1, 0.15) is 32.4 Å².